The Balaban J connectivity index is 1.20. The van der Waals surface area contributed by atoms with Gasteiger partial charge in [0.1, 0.15) is 12.4 Å². The van der Waals surface area contributed by atoms with Crippen molar-refractivity contribution in [3.63, 3.8) is 0 Å². The normalized spacial score (nSPS) is 12.0. The average Bonchev–Trinajstić information content (AvgIpc) is 3.02. The molecule has 0 fully saturated rings. The topological polar surface area (TPSA) is 70.0 Å². The van der Waals surface area contributed by atoms with Crippen LogP contribution in [0.15, 0.2) is 108 Å². The van der Waals surface area contributed by atoms with Gasteiger partial charge in [0.2, 0.25) is 0 Å². The summed E-state index contributed by atoms with van der Waals surface area (Å²) in [4.78, 5) is 22.5. The molecule has 1 unspecified atom stereocenters. The number of benzene rings is 3. The first-order valence-electron chi connectivity index (χ1n) is 14.2. The van der Waals surface area contributed by atoms with E-state index in [1.807, 2.05) is 98.8 Å². The number of aromatic nitrogens is 1. The number of ether oxygens (including phenoxy) is 2. The van der Waals surface area contributed by atoms with Crippen LogP contribution in [0.5, 0.6) is 5.75 Å². The van der Waals surface area contributed by atoms with Crippen LogP contribution in [0.4, 0.5) is 0 Å². The standard InChI is InChI=1S/C35H38N2O4/c1-3-39-35(38)32(13-9-12-28-10-5-4-6-11-28)26-29-15-21-33(22-16-29)40-24-25-41-37-27(2)30-17-19-31(20-18-30)34-14-7-8-23-36-34/h4-8,10-11,14-23,32H,3,9,12-13,24-26H2,1-2H3/b37-27-. The van der Waals surface area contributed by atoms with Crippen molar-refractivity contribution in [2.75, 3.05) is 19.8 Å². The highest BCUT2D eigenvalue weighted by molar-refractivity contribution is 5.98. The number of carbonyl (C=O) groups is 1. The second kappa shape index (κ2) is 16.0. The fourth-order valence-electron chi connectivity index (χ4n) is 4.57. The monoisotopic (exact) mass is 550 g/mol. The lowest BCUT2D eigenvalue weighted by molar-refractivity contribution is -0.148. The molecule has 41 heavy (non-hydrogen) atoms. The van der Waals surface area contributed by atoms with Crippen LogP contribution in [0, 0.1) is 5.92 Å². The second-order valence-electron chi connectivity index (χ2n) is 9.83. The van der Waals surface area contributed by atoms with Crippen LogP contribution in [0.25, 0.3) is 11.3 Å². The number of esters is 1. The van der Waals surface area contributed by atoms with E-state index in [0.29, 0.717) is 26.2 Å². The third-order valence-corrected chi connectivity index (χ3v) is 6.79. The molecule has 1 heterocycles. The summed E-state index contributed by atoms with van der Waals surface area (Å²) in [5.74, 6) is 0.462. The predicted molar refractivity (Wildman–Crippen MR) is 163 cm³/mol. The van der Waals surface area contributed by atoms with Crippen LogP contribution >= 0.6 is 0 Å². The van der Waals surface area contributed by atoms with Crippen molar-refractivity contribution in [2.45, 2.75) is 39.5 Å². The molecule has 0 amide bonds. The van der Waals surface area contributed by atoms with Gasteiger partial charge in [-0.1, -0.05) is 78.0 Å². The van der Waals surface area contributed by atoms with Crippen LogP contribution in [-0.4, -0.2) is 36.5 Å². The van der Waals surface area contributed by atoms with Gasteiger partial charge in [-0.15, -0.1) is 0 Å². The molecular weight excluding hydrogens is 512 g/mol. The molecule has 1 atom stereocenters. The van der Waals surface area contributed by atoms with Crippen molar-refractivity contribution < 1.29 is 19.1 Å². The Labute approximate surface area is 243 Å². The Morgan fingerprint density at radius 2 is 1.61 bits per heavy atom. The molecule has 6 nitrogen and oxygen atoms in total. The predicted octanol–water partition coefficient (Wildman–Crippen LogP) is 7.31. The molecule has 3 aromatic carbocycles. The van der Waals surface area contributed by atoms with Crippen molar-refractivity contribution >= 4 is 11.7 Å². The molecule has 6 heteroatoms. The van der Waals surface area contributed by atoms with Crippen molar-refractivity contribution in [1.29, 1.82) is 0 Å². The molecule has 1 aromatic heterocycles. The summed E-state index contributed by atoms with van der Waals surface area (Å²) < 4.78 is 11.2. The number of pyridine rings is 1. The van der Waals surface area contributed by atoms with Crippen LogP contribution < -0.4 is 4.74 Å². The summed E-state index contributed by atoms with van der Waals surface area (Å²) >= 11 is 0. The van der Waals surface area contributed by atoms with Gasteiger partial charge < -0.3 is 14.3 Å². The summed E-state index contributed by atoms with van der Waals surface area (Å²) in [5.41, 5.74) is 6.15. The van der Waals surface area contributed by atoms with Crippen molar-refractivity contribution in [2.24, 2.45) is 11.1 Å². The van der Waals surface area contributed by atoms with Gasteiger partial charge in [-0.25, -0.2) is 0 Å². The lowest BCUT2D eigenvalue weighted by Gasteiger charge is -2.16. The molecule has 212 valence electrons. The third kappa shape index (κ3) is 9.60. The van der Waals surface area contributed by atoms with Crippen molar-refractivity contribution in [1.82, 2.24) is 4.98 Å². The first-order valence-corrected chi connectivity index (χ1v) is 14.2. The lowest BCUT2D eigenvalue weighted by atomic mass is 9.93. The maximum absolute atomic E-state index is 12.6. The lowest BCUT2D eigenvalue weighted by Crippen LogP contribution is -2.20. The molecule has 4 rings (SSSR count). The summed E-state index contributed by atoms with van der Waals surface area (Å²) in [6, 6.07) is 32.2. The Morgan fingerprint density at radius 3 is 2.32 bits per heavy atom. The largest absolute Gasteiger partial charge is 0.490 e. The first kappa shape index (κ1) is 29.5. The quantitative estimate of drug-likeness (QED) is 0.0672. The van der Waals surface area contributed by atoms with Crippen LogP contribution in [0.2, 0.25) is 0 Å². The first-order chi connectivity index (χ1) is 20.1. The SMILES string of the molecule is CCOC(=O)C(CCCc1ccccc1)Cc1ccc(OCCO/N=C(/C)c2ccc(-c3ccccn3)cc2)cc1. The van der Waals surface area contributed by atoms with Crippen LogP contribution in [-0.2, 0) is 27.2 Å². The molecule has 0 bridgehead atoms. The van der Waals surface area contributed by atoms with E-state index in [1.54, 1.807) is 6.20 Å². The van der Waals surface area contributed by atoms with Crippen molar-refractivity contribution in [3.05, 3.63) is 120 Å². The smallest absolute Gasteiger partial charge is 0.309 e. The highest BCUT2D eigenvalue weighted by Gasteiger charge is 2.20. The van der Waals surface area contributed by atoms with E-state index >= 15 is 0 Å². The highest BCUT2D eigenvalue weighted by atomic mass is 16.6. The van der Waals surface area contributed by atoms with Gasteiger partial charge in [-0.3, -0.25) is 9.78 Å². The molecule has 0 spiro atoms. The zero-order chi connectivity index (χ0) is 28.7. The molecule has 0 N–H and O–H groups in total. The van der Waals surface area contributed by atoms with E-state index in [4.69, 9.17) is 14.3 Å². The fraction of sp³-hybridized carbons (Fsp3) is 0.286. The average molecular weight is 551 g/mol. The molecule has 0 aliphatic rings. The number of carbonyl (C=O) groups excluding carboxylic acids is 1. The molecule has 0 saturated heterocycles. The van der Waals surface area contributed by atoms with Crippen LogP contribution in [0.1, 0.15) is 43.4 Å². The number of oxime groups is 1. The number of hydrogen-bond donors (Lipinski definition) is 0. The number of nitrogens with zero attached hydrogens (tertiary/aromatic N) is 2. The van der Waals surface area contributed by atoms with E-state index in [2.05, 4.69) is 22.3 Å². The molecule has 0 aliphatic carbocycles. The van der Waals surface area contributed by atoms with Gasteiger partial charge in [0.15, 0.2) is 6.61 Å². The van der Waals surface area contributed by atoms with Gasteiger partial charge in [0.25, 0.3) is 0 Å². The Hall–Kier alpha value is -4.45. The second-order valence-corrected chi connectivity index (χ2v) is 9.83. The molecule has 0 radical (unpaired) electrons. The summed E-state index contributed by atoms with van der Waals surface area (Å²) in [5, 5.41) is 4.23. The van der Waals surface area contributed by atoms with Crippen LogP contribution in [0.3, 0.4) is 0 Å². The molecule has 0 saturated carbocycles. The minimum absolute atomic E-state index is 0.127. The van der Waals surface area contributed by atoms with Crippen molar-refractivity contribution in [3.8, 4) is 17.0 Å². The number of hydrogen-bond acceptors (Lipinski definition) is 6. The Morgan fingerprint density at radius 1 is 0.854 bits per heavy atom. The zero-order valence-electron chi connectivity index (χ0n) is 23.9. The van der Waals surface area contributed by atoms with Gasteiger partial charge >= 0.3 is 5.97 Å². The van der Waals surface area contributed by atoms with Gasteiger partial charge in [-0.05, 0) is 80.5 Å². The maximum atomic E-state index is 12.6. The number of aryl methyl sites for hydroxylation is 1. The summed E-state index contributed by atoms with van der Waals surface area (Å²) in [6.45, 7) is 4.87. The summed E-state index contributed by atoms with van der Waals surface area (Å²) in [7, 11) is 0. The van der Waals surface area contributed by atoms with E-state index in [-0.39, 0.29) is 11.9 Å². The number of rotatable bonds is 15. The highest BCUT2D eigenvalue weighted by Crippen LogP contribution is 2.21. The van der Waals surface area contributed by atoms with Gasteiger partial charge in [0, 0.05) is 11.8 Å². The minimum Gasteiger partial charge on any atom is -0.490 e. The fourth-order valence-corrected chi connectivity index (χ4v) is 4.57. The Kier molecular flexibility index (Phi) is 11.5. The van der Waals surface area contributed by atoms with E-state index in [9.17, 15) is 4.79 Å². The summed E-state index contributed by atoms with van der Waals surface area (Å²) in [6.07, 6.45) is 5.11. The van der Waals surface area contributed by atoms with Gasteiger partial charge in [0.05, 0.1) is 23.9 Å². The van der Waals surface area contributed by atoms with E-state index < -0.39 is 0 Å². The maximum Gasteiger partial charge on any atom is 0.309 e. The van der Waals surface area contributed by atoms with E-state index in [0.717, 1.165) is 53.1 Å². The third-order valence-electron chi connectivity index (χ3n) is 6.79. The Bertz CT molecular complexity index is 1360. The van der Waals surface area contributed by atoms with Gasteiger partial charge in [-0.2, -0.15) is 0 Å². The molecular formula is C35H38N2O4. The molecule has 4 aromatic rings. The molecule has 0 aliphatic heterocycles. The zero-order valence-corrected chi connectivity index (χ0v) is 23.9. The van der Waals surface area contributed by atoms with E-state index in [1.165, 1.54) is 5.56 Å². The minimum atomic E-state index is -0.161.